The van der Waals surface area contributed by atoms with Crippen molar-refractivity contribution in [2.75, 3.05) is 19.7 Å². The van der Waals surface area contributed by atoms with Gasteiger partial charge in [-0.2, -0.15) is 0 Å². The average molecular weight is 563 g/mol. The van der Waals surface area contributed by atoms with Crippen LogP contribution in [-0.2, 0) is 35.1 Å². The number of esters is 1. The van der Waals surface area contributed by atoms with Crippen molar-refractivity contribution >= 4 is 29.8 Å². The number of primary amides is 1. The molecule has 0 bridgehead atoms. The number of hydrogen-bond acceptors (Lipinski definition) is 7. The van der Waals surface area contributed by atoms with Crippen molar-refractivity contribution in [2.45, 2.75) is 97.8 Å². The van der Waals surface area contributed by atoms with E-state index in [1.807, 2.05) is 26.0 Å². The van der Waals surface area contributed by atoms with Gasteiger partial charge in [-0.1, -0.05) is 51.0 Å². The smallest absolute Gasteiger partial charge is 0.408 e. The minimum Gasteiger partial charge on any atom is -0.466 e. The number of alkyl carbamates (subject to hydrolysis) is 1. The first kappa shape index (κ1) is 34.4. The summed E-state index contributed by atoms with van der Waals surface area (Å²) in [7, 11) is 0. The van der Waals surface area contributed by atoms with E-state index in [0.29, 0.717) is 12.0 Å². The van der Waals surface area contributed by atoms with Crippen LogP contribution in [0.4, 0.5) is 4.79 Å². The Hall–Kier alpha value is -3.63. The molecule has 11 nitrogen and oxygen atoms in total. The van der Waals surface area contributed by atoms with Crippen molar-refractivity contribution in [3.05, 3.63) is 35.4 Å². The van der Waals surface area contributed by atoms with Gasteiger partial charge in [-0.25, -0.2) is 4.79 Å². The Balaban J connectivity index is 3.45. The average Bonchev–Trinajstić information content (AvgIpc) is 2.86. The second kappa shape index (κ2) is 17.1. The Kier molecular flexibility index (Phi) is 14.7. The molecule has 4 N–H and O–H groups in total. The Morgan fingerprint density at radius 3 is 2.17 bits per heavy atom. The number of benzene rings is 1. The number of hydrogen-bond donors (Lipinski definition) is 3. The summed E-state index contributed by atoms with van der Waals surface area (Å²) in [5.41, 5.74) is 6.18. The second-order valence-corrected chi connectivity index (χ2v) is 10.5. The molecule has 1 rings (SSSR count). The van der Waals surface area contributed by atoms with Gasteiger partial charge in [0.15, 0.2) is 0 Å². The number of amides is 4. The number of carbonyl (C=O) groups excluding carboxylic acids is 5. The highest BCUT2D eigenvalue weighted by molar-refractivity contribution is 5.94. The lowest BCUT2D eigenvalue weighted by Crippen LogP contribution is -2.54. The van der Waals surface area contributed by atoms with Crippen molar-refractivity contribution in [1.29, 1.82) is 0 Å². The van der Waals surface area contributed by atoms with Crippen molar-refractivity contribution in [1.82, 2.24) is 15.5 Å². The highest BCUT2D eigenvalue weighted by Gasteiger charge is 2.36. The molecular weight excluding hydrogens is 516 g/mol. The normalized spacial score (nSPS) is 12.6. The van der Waals surface area contributed by atoms with Gasteiger partial charge >= 0.3 is 12.1 Å². The first-order chi connectivity index (χ1) is 18.8. The summed E-state index contributed by atoms with van der Waals surface area (Å²) in [6.45, 7) is 11.1. The van der Waals surface area contributed by atoms with E-state index in [2.05, 4.69) is 10.6 Å². The number of carbonyl (C=O) groups is 5. The third kappa shape index (κ3) is 12.5. The van der Waals surface area contributed by atoms with Gasteiger partial charge in [-0.3, -0.25) is 19.2 Å². The standard InChI is InChI=1S/C29H46N4O7/c1-7-10-11-18-33(27(37)22(19-23(30)34)32-28(38)40-29(4,5)6)25(21-14-12-20(8-2)13-15-21)26(36)31-17-16-24(35)39-9-3/h12-15,22,25H,7-11,16-19H2,1-6H3,(H2,30,34)(H,31,36)(H,32,38). The van der Waals surface area contributed by atoms with Crippen LogP contribution in [0, 0.1) is 0 Å². The lowest BCUT2D eigenvalue weighted by molar-refractivity contribution is -0.144. The van der Waals surface area contributed by atoms with Crippen molar-refractivity contribution in [2.24, 2.45) is 5.73 Å². The maximum atomic E-state index is 14.0. The van der Waals surface area contributed by atoms with Crippen molar-refractivity contribution < 1.29 is 33.4 Å². The molecule has 2 atom stereocenters. The van der Waals surface area contributed by atoms with Crippen LogP contribution in [-0.4, -0.2) is 66.0 Å². The number of nitrogens with one attached hydrogen (secondary N) is 2. The maximum absolute atomic E-state index is 14.0. The van der Waals surface area contributed by atoms with Crippen LogP contribution < -0.4 is 16.4 Å². The highest BCUT2D eigenvalue weighted by atomic mass is 16.6. The molecule has 0 aliphatic heterocycles. The first-order valence-corrected chi connectivity index (χ1v) is 13.9. The summed E-state index contributed by atoms with van der Waals surface area (Å²) < 4.78 is 10.2. The van der Waals surface area contributed by atoms with Crippen LogP contribution >= 0.6 is 0 Å². The van der Waals surface area contributed by atoms with Gasteiger partial charge in [0.1, 0.15) is 17.7 Å². The quantitative estimate of drug-likeness (QED) is 0.206. The summed E-state index contributed by atoms with van der Waals surface area (Å²) in [6.07, 6.45) is 1.63. The molecule has 0 radical (unpaired) electrons. The second-order valence-electron chi connectivity index (χ2n) is 10.5. The van der Waals surface area contributed by atoms with E-state index in [4.69, 9.17) is 15.2 Å². The minimum atomic E-state index is -1.35. The molecule has 1 aromatic rings. The molecule has 4 amide bonds. The van der Waals surface area contributed by atoms with Crippen molar-refractivity contribution in [3.63, 3.8) is 0 Å². The van der Waals surface area contributed by atoms with Crippen molar-refractivity contribution in [3.8, 4) is 0 Å². The third-order valence-electron chi connectivity index (χ3n) is 5.88. The van der Waals surface area contributed by atoms with E-state index in [1.165, 1.54) is 4.90 Å². The summed E-state index contributed by atoms with van der Waals surface area (Å²) >= 11 is 0. The summed E-state index contributed by atoms with van der Waals surface area (Å²) in [5.74, 6) is -2.41. The fourth-order valence-corrected chi connectivity index (χ4v) is 3.98. The zero-order valence-corrected chi connectivity index (χ0v) is 24.7. The molecule has 0 aliphatic carbocycles. The van der Waals surface area contributed by atoms with E-state index in [0.717, 1.165) is 24.8 Å². The topological polar surface area (TPSA) is 157 Å². The van der Waals surface area contributed by atoms with E-state index < -0.39 is 53.9 Å². The SMILES string of the molecule is CCCCCN(C(=O)C(CC(N)=O)NC(=O)OC(C)(C)C)C(C(=O)NCCC(=O)OCC)c1ccc(CC)cc1. The number of ether oxygens (including phenoxy) is 2. The van der Waals surface area contributed by atoms with Gasteiger partial charge < -0.3 is 30.7 Å². The third-order valence-corrected chi connectivity index (χ3v) is 5.88. The molecule has 2 unspecified atom stereocenters. The molecule has 0 saturated heterocycles. The largest absolute Gasteiger partial charge is 0.466 e. The number of aryl methyl sites for hydroxylation is 1. The maximum Gasteiger partial charge on any atom is 0.408 e. The van der Waals surface area contributed by atoms with Gasteiger partial charge in [0.25, 0.3) is 0 Å². The molecule has 0 aromatic heterocycles. The van der Waals surface area contributed by atoms with E-state index in [1.54, 1.807) is 39.8 Å². The fourth-order valence-electron chi connectivity index (χ4n) is 3.98. The Morgan fingerprint density at radius 1 is 1.00 bits per heavy atom. The lowest BCUT2D eigenvalue weighted by atomic mass is 9.99. The predicted octanol–water partition coefficient (Wildman–Crippen LogP) is 3.15. The van der Waals surface area contributed by atoms with Crippen LogP contribution in [0.5, 0.6) is 0 Å². The fraction of sp³-hybridized carbons (Fsp3) is 0.621. The van der Waals surface area contributed by atoms with E-state index >= 15 is 0 Å². The number of nitrogens with two attached hydrogens (primary N) is 1. The molecule has 0 saturated carbocycles. The predicted molar refractivity (Wildman–Crippen MR) is 151 cm³/mol. The molecule has 0 fully saturated rings. The van der Waals surface area contributed by atoms with Gasteiger partial charge in [0.05, 0.1) is 19.4 Å². The summed E-state index contributed by atoms with van der Waals surface area (Å²) in [4.78, 5) is 65.2. The van der Waals surface area contributed by atoms with Crippen LogP contribution in [0.3, 0.4) is 0 Å². The Labute approximate surface area is 237 Å². The number of unbranched alkanes of at least 4 members (excludes halogenated alkanes) is 2. The number of nitrogens with zero attached hydrogens (tertiary/aromatic N) is 1. The zero-order valence-electron chi connectivity index (χ0n) is 24.7. The van der Waals surface area contributed by atoms with Crippen LogP contribution in [0.25, 0.3) is 0 Å². The molecule has 1 aromatic carbocycles. The molecule has 0 heterocycles. The van der Waals surface area contributed by atoms with Gasteiger partial charge in [-0.15, -0.1) is 0 Å². The van der Waals surface area contributed by atoms with Gasteiger partial charge in [0, 0.05) is 13.1 Å². The molecule has 11 heteroatoms. The molecule has 224 valence electrons. The zero-order chi connectivity index (χ0) is 30.3. The minimum absolute atomic E-state index is 0.0130. The molecular formula is C29H46N4O7. The van der Waals surface area contributed by atoms with Crippen LogP contribution in [0.1, 0.15) is 90.8 Å². The first-order valence-electron chi connectivity index (χ1n) is 13.9. The molecule has 0 aliphatic rings. The Bertz CT molecular complexity index is 989. The molecule has 40 heavy (non-hydrogen) atoms. The Morgan fingerprint density at radius 2 is 1.65 bits per heavy atom. The molecule has 0 spiro atoms. The highest BCUT2D eigenvalue weighted by Crippen LogP contribution is 2.25. The van der Waals surface area contributed by atoms with Gasteiger partial charge in [-0.05, 0) is 51.7 Å². The van der Waals surface area contributed by atoms with E-state index in [9.17, 15) is 24.0 Å². The summed E-state index contributed by atoms with van der Waals surface area (Å²) in [5, 5.41) is 5.20. The lowest BCUT2D eigenvalue weighted by Gasteiger charge is -2.34. The van der Waals surface area contributed by atoms with Gasteiger partial charge in [0.2, 0.25) is 17.7 Å². The monoisotopic (exact) mass is 562 g/mol. The van der Waals surface area contributed by atoms with Crippen LogP contribution in [0.15, 0.2) is 24.3 Å². The summed E-state index contributed by atoms with van der Waals surface area (Å²) in [6, 6.07) is 4.87. The van der Waals surface area contributed by atoms with Crippen LogP contribution in [0.2, 0.25) is 0 Å². The number of rotatable bonds is 16. The van der Waals surface area contributed by atoms with E-state index in [-0.39, 0.29) is 26.1 Å².